The number of rotatable bonds is 1. The number of H-pyrrole nitrogens is 1. The number of hydrogen-bond donors (Lipinski definition) is 2. The normalized spacial score (nSPS) is 13.4. The summed E-state index contributed by atoms with van der Waals surface area (Å²) < 4.78 is 13.5. The predicted molar refractivity (Wildman–Crippen MR) is 60.6 cm³/mol. The number of hydrogen-bond acceptors (Lipinski definition) is 1. The Morgan fingerprint density at radius 1 is 1.47 bits per heavy atom. The average Bonchev–Trinajstić information content (AvgIpc) is 2.41. The van der Waals surface area contributed by atoms with Gasteiger partial charge in [0.2, 0.25) is 0 Å². The first-order valence-corrected chi connectivity index (χ1v) is 5.11. The van der Waals surface area contributed by atoms with Crippen LogP contribution in [0.25, 0.3) is 10.9 Å². The van der Waals surface area contributed by atoms with E-state index in [4.69, 9.17) is 17.3 Å². The van der Waals surface area contributed by atoms with E-state index in [1.165, 1.54) is 6.07 Å². The van der Waals surface area contributed by atoms with E-state index in [1.807, 2.05) is 13.8 Å². The molecule has 2 nitrogen and oxygen atoms in total. The van der Waals surface area contributed by atoms with Gasteiger partial charge in [0.1, 0.15) is 5.82 Å². The quantitative estimate of drug-likeness (QED) is 0.770. The number of aryl methyl sites for hydroxylation is 1. The summed E-state index contributed by atoms with van der Waals surface area (Å²) in [6.45, 7) is 3.75. The largest absolute Gasteiger partial charge is 0.356 e. The molecule has 15 heavy (non-hydrogen) atoms. The van der Waals surface area contributed by atoms with Crippen molar-refractivity contribution in [1.82, 2.24) is 4.98 Å². The number of aromatic amines is 1. The summed E-state index contributed by atoms with van der Waals surface area (Å²) in [7, 11) is 0. The summed E-state index contributed by atoms with van der Waals surface area (Å²) in [5.41, 5.74) is 8.13. The minimum atomic E-state index is -0.340. The first-order valence-electron chi connectivity index (χ1n) is 4.73. The van der Waals surface area contributed by atoms with Crippen molar-refractivity contribution in [3.05, 3.63) is 34.2 Å². The molecule has 0 saturated heterocycles. The van der Waals surface area contributed by atoms with Crippen molar-refractivity contribution in [3.8, 4) is 0 Å². The molecule has 0 bridgehead atoms. The van der Waals surface area contributed by atoms with Gasteiger partial charge in [-0.1, -0.05) is 11.6 Å². The molecule has 0 radical (unpaired) electrons. The van der Waals surface area contributed by atoms with Crippen molar-refractivity contribution >= 4 is 22.5 Å². The highest BCUT2D eigenvalue weighted by molar-refractivity contribution is 6.31. The second-order valence-corrected chi connectivity index (χ2v) is 4.20. The van der Waals surface area contributed by atoms with Gasteiger partial charge in [-0.3, -0.25) is 0 Å². The molecule has 2 rings (SSSR count). The lowest BCUT2D eigenvalue weighted by Crippen LogP contribution is -2.05. The van der Waals surface area contributed by atoms with Gasteiger partial charge in [-0.25, -0.2) is 4.39 Å². The average molecular weight is 227 g/mol. The van der Waals surface area contributed by atoms with Crippen LogP contribution in [0.3, 0.4) is 0 Å². The second kappa shape index (κ2) is 3.51. The summed E-state index contributed by atoms with van der Waals surface area (Å²) in [6.07, 6.45) is 0. The molecule has 0 aliphatic rings. The van der Waals surface area contributed by atoms with E-state index in [1.54, 1.807) is 6.07 Å². The smallest absolute Gasteiger partial charge is 0.148 e. The molecule has 1 atom stereocenters. The van der Waals surface area contributed by atoms with Crippen LogP contribution in [0.2, 0.25) is 5.02 Å². The Hall–Kier alpha value is -1.06. The topological polar surface area (TPSA) is 41.8 Å². The molecule has 0 aliphatic carbocycles. The van der Waals surface area contributed by atoms with Gasteiger partial charge in [-0.15, -0.1) is 0 Å². The number of aromatic nitrogens is 1. The lowest BCUT2D eigenvalue weighted by atomic mass is 10.1. The van der Waals surface area contributed by atoms with E-state index < -0.39 is 0 Å². The monoisotopic (exact) mass is 226 g/mol. The van der Waals surface area contributed by atoms with Gasteiger partial charge in [0.15, 0.2) is 0 Å². The van der Waals surface area contributed by atoms with Crippen LogP contribution in [0.4, 0.5) is 4.39 Å². The number of halogens is 2. The van der Waals surface area contributed by atoms with Gasteiger partial charge in [-0.05, 0) is 31.5 Å². The number of nitrogens with one attached hydrogen (secondary N) is 1. The standard InChI is InChI=1S/C11H12ClFN2/c1-5(14)10-6(2)15-11-8(10)3-7(12)4-9(11)13/h3-5,15H,14H2,1-2H3. The zero-order chi connectivity index (χ0) is 11.2. The van der Waals surface area contributed by atoms with E-state index in [2.05, 4.69) is 4.98 Å². The third-order valence-electron chi connectivity index (χ3n) is 2.52. The van der Waals surface area contributed by atoms with Gasteiger partial charge in [0.05, 0.1) is 5.52 Å². The SMILES string of the molecule is Cc1[nH]c2c(F)cc(Cl)cc2c1C(C)N. The first kappa shape index (κ1) is 10.5. The lowest BCUT2D eigenvalue weighted by Gasteiger charge is -2.05. The van der Waals surface area contributed by atoms with E-state index in [-0.39, 0.29) is 11.9 Å². The highest BCUT2D eigenvalue weighted by atomic mass is 35.5. The Morgan fingerprint density at radius 3 is 2.73 bits per heavy atom. The molecule has 0 aliphatic heterocycles. The molecule has 3 N–H and O–H groups in total. The summed E-state index contributed by atoms with van der Waals surface area (Å²) in [5, 5.41) is 1.16. The first-order chi connectivity index (χ1) is 7.00. The van der Waals surface area contributed by atoms with Crippen molar-refractivity contribution in [2.24, 2.45) is 5.73 Å². The zero-order valence-corrected chi connectivity index (χ0v) is 9.32. The fourth-order valence-corrected chi connectivity index (χ4v) is 2.16. The molecule has 4 heteroatoms. The molecule has 0 amide bonds. The van der Waals surface area contributed by atoms with E-state index in [0.29, 0.717) is 10.5 Å². The molecule has 0 spiro atoms. The van der Waals surface area contributed by atoms with Crippen LogP contribution in [0.15, 0.2) is 12.1 Å². The third kappa shape index (κ3) is 1.62. The molecule has 1 aromatic carbocycles. The Morgan fingerprint density at radius 2 is 2.13 bits per heavy atom. The third-order valence-corrected chi connectivity index (χ3v) is 2.74. The number of nitrogens with two attached hydrogens (primary N) is 1. The highest BCUT2D eigenvalue weighted by Gasteiger charge is 2.15. The minimum Gasteiger partial charge on any atom is -0.356 e. The Kier molecular flexibility index (Phi) is 2.44. The van der Waals surface area contributed by atoms with Gasteiger partial charge in [0, 0.05) is 22.1 Å². The molecule has 0 fully saturated rings. The molecule has 1 unspecified atom stereocenters. The molecule has 1 heterocycles. The summed E-state index contributed by atoms with van der Waals surface area (Å²) in [4.78, 5) is 2.99. The number of fused-ring (bicyclic) bond motifs is 1. The van der Waals surface area contributed by atoms with Gasteiger partial charge >= 0.3 is 0 Å². The second-order valence-electron chi connectivity index (χ2n) is 3.76. The van der Waals surface area contributed by atoms with Crippen molar-refractivity contribution < 1.29 is 4.39 Å². The van der Waals surface area contributed by atoms with Crippen molar-refractivity contribution in [3.63, 3.8) is 0 Å². The molecule has 2 aromatic rings. The molecular weight excluding hydrogens is 215 g/mol. The van der Waals surface area contributed by atoms with Crippen LogP contribution in [0, 0.1) is 12.7 Å². The van der Waals surface area contributed by atoms with Gasteiger partial charge in [-0.2, -0.15) is 0 Å². The minimum absolute atomic E-state index is 0.142. The fraction of sp³-hybridized carbons (Fsp3) is 0.273. The van der Waals surface area contributed by atoms with E-state index >= 15 is 0 Å². The van der Waals surface area contributed by atoms with Gasteiger partial charge < -0.3 is 10.7 Å². The molecular formula is C11H12ClFN2. The van der Waals surface area contributed by atoms with Crippen molar-refractivity contribution in [2.75, 3.05) is 0 Å². The Labute approximate surface area is 92.2 Å². The van der Waals surface area contributed by atoms with E-state index in [0.717, 1.165) is 16.6 Å². The van der Waals surface area contributed by atoms with Crippen LogP contribution in [-0.2, 0) is 0 Å². The van der Waals surface area contributed by atoms with Gasteiger partial charge in [0.25, 0.3) is 0 Å². The zero-order valence-electron chi connectivity index (χ0n) is 8.57. The number of benzene rings is 1. The molecule has 0 saturated carbocycles. The summed E-state index contributed by atoms with van der Waals surface area (Å²) >= 11 is 5.82. The van der Waals surface area contributed by atoms with Crippen LogP contribution in [0.1, 0.15) is 24.2 Å². The van der Waals surface area contributed by atoms with Crippen molar-refractivity contribution in [1.29, 1.82) is 0 Å². The Balaban J connectivity index is 2.86. The summed E-state index contributed by atoms with van der Waals surface area (Å²) in [6, 6.07) is 2.89. The van der Waals surface area contributed by atoms with Crippen LogP contribution < -0.4 is 5.73 Å². The van der Waals surface area contributed by atoms with Crippen LogP contribution >= 0.6 is 11.6 Å². The maximum Gasteiger partial charge on any atom is 0.148 e. The maximum absolute atomic E-state index is 13.5. The summed E-state index contributed by atoms with van der Waals surface area (Å²) in [5.74, 6) is -0.340. The Bertz CT molecular complexity index is 517. The highest BCUT2D eigenvalue weighted by Crippen LogP contribution is 2.30. The maximum atomic E-state index is 13.5. The van der Waals surface area contributed by atoms with E-state index in [9.17, 15) is 4.39 Å². The predicted octanol–water partition coefficient (Wildman–Crippen LogP) is 3.29. The van der Waals surface area contributed by atoms with Crippen molar-refractivity contribution in [2.45, 2.75) is 19.9 Å². The molecule has 1 aromatic heterocycles. The molecule has 80 valence electrons. The fourth-order valence-electron chi connectivity index (χ4n) is 1.96. The van der Waals surface area contributed by atoms with Crippen LogP contribution in [-0.4, -0.2) is 4.98 Å². The lowest BCUT2D eigenvalue weighted by molar-refractivity contribution is 0.637. The van der Waals surface area contributed by atoms with Crippen LogP contribution in [0.5, 0.6) is 0 Å².